The van der Waals surface area contributed by atoms with Crippen LogP contribution in [0, 0.1) is 0 Å². The highest BCUT2D eigenvalue weighted by Gasteiger charge is 2.21. The molecule has 0 aliphatic carbocycles. The van der Waals surface area contributed by atoms with Gasteiger partial charge >= 0.3 is 0 Å². The number of nitrogens with zero attached hydrogens (tertiary/aromatic N) is 2. The van der Waals surface area contributed by atoms with Crippen molar-refractivity contribution in [3.63, 3.8) is 0 Å². The van der Waals surface area contributed by atoms with Gasteiger partial charge in [-0.05, 0) is 42.5 Å². The number of ether oxygens (including phenoxy) is 2. The SMILES string of the molecule is COc1ccc(OCCC(=O)N2CCN(c3cccc(Cl)c3)CC2)cc1. The fourth-order valence-electron chi connectivity index (χ4n) is 2.97. The number of carbonyl (C=O) groups is 1. The van der Waals surface area contributed by atoms with Crippen LogP contribution in [0.1, 0.15) is 6.42 Å². The van der Waals surface area contributed by atoms with Crippen molar-refractivity contribution in [2.24, 2.45) is 0 Å². The minimum atomic E-state index is 0.129. The molecule has 26 heavy (non-hydrogen) atoms. The van der Waals surface area contributed by atoms with E-state index in [1.165, 1.54) is 0 Å². The van der Waals surface area contributed by atoms with E-state index in [9.17, 15) is 4.79 Å². The van der Waals surface area contributed by atoms with Crippen LogP contribution >= 0.6 is 11.6 Å². The molecule has 2 aromatic carbocycles. The Hall–Kier alpha value is -2.40. The number of rotatable bonds is 6. The zero-order chi connectivity index (χ0) is 18.4. The summed E-state index contributed by atoms with van der Waals surface area (Å²) in [7, 11) is 1.63. The lowest BCUT2D eigenvalue weighted by Crippen LogP contribution is -2.49. The Labute approximate surface area is 159 Å². The van der Waals surface area contributed by atoms with Gasteiger partial charge in [-0.2, -0.15) is 0 Å². The number of piperazine rings is 1. The van der Waals surface area contributed by atoms with E-state index in [1.54, 1.807) is 7.11 Å². The Kier molecular flexibility index (Phi) is 6.23. The molecular weight excluding hydrogens is 352 g/mol. The van der Waals surface area contributed by atoms with Crippen LogP contribution in [0.5, 0.6) is 11.5 Å². The molecule has 1 heterocycles. The van der Waals surface area contributed by atoms with Gasteiger partial charge in [0.15, 0.2) is 0 Å². The third-order valence-electron chi connectivity index (χ3n) is 4.45. The molecule has 0 bridgehead atoms. The average Bonchev–Trinajstić information content (AvgIpc) is 2.68. The van der Waals surface area contributed by atoms with Crippen LogP contribution in [-0.2, 0) is 4.79 Å². The van der Waals surface area contributed by atoms with Crippen LogP contribution in [0.4, 0.5) is 5.69 Å². The van der Waals surface area contributed by atoms with Crippen LogP contribution in [0.2, 0.25) is 5.02 Å². The topological polar surface area (TPSA) is 42.0 Å². The Morgan fingerprint density at radius 2 is 1.73 bits per heavy atom. The summed E-state index contributed by atoms with van der Waals surface area (Å²) >= 11 is 6.06. The maximum Gasteiger partial charge on any atom is 0.226 e. The van der Waals surface area contributed by atoms with Crippen LogP contribution in [0.15, 0.2) is 48.5 Å². The average molecular weight is 375 g/mol. The third kappa shape index (κ3) is 4.82. The van der Waals surface area contributed by atoms with Gasteiger partial charge in [0.2, 0.25) is 5.91 Å². The first-order chi connectivity index (χ1) is 12.7. The summed E-state index contributed by atoms with van der Waals surface area (Å²) in [6, 6.07) is 15.2. The zero-order valence-electron chi connectivity index (χ0n) is 14.9. The highest BCUT2D eigenvalue weighted by molar-refractivity contribution is 6.30. The minimum absolute atomic E-state index is 0.129. The molecule has 1 fully saturated rings. The maximum atomic E-state index is 12.4. The fraction of sp³-hybridized carbons (Fsp3) is 0.350. The minimum Gasteiger partial charge on any atom is -0.497 e. The first kappa shape index (κ1) is 18.4. The molecule has 3 rings (SSSR count). The molecule has 1 aliphatic heterocycles. The van der Waals surface area contributed by atoms with Crippen molar-refractivity contribution in [1.29, 1.82) is 0 Å². The van der Waals surface area contributed by atoms with Crippen molar-refractivity contribution in [1.82, 2.24) is 4.90 Å². The van der Waals surface area contributed by atoms with E-state index in [0.717, 1.165) is 35.3 Å². The summed E-state index contributed by atoms with van der Waals surface area (Å²) in [5, 5.41) is 0.733. The lowest BCUT2D eigenvalue weighted by molar-refractivity contribution is -0.132. The molecule has 2 aromatic rings. The van der Waals surface area contributed by atoms with Crippen molar-refractivity contribution in [2.45, 2.75) is 6.42 Å². The van der Waals surface area contributed by atoms with E-state index in [-0.39, 0.29) is 5.91 Å². The second-order valence-electron chi connectivity index (χ2n) is 6.12. The standard InChI is InChI=1S/C20H23ClN2O3/c1-25-18-5-7-19(8-6-18)26-14-9-20(24)23-12-10-22(11-13-23)17-4-2-3-16(21)15-17/h2-8,15H,9-14H2,1H3. The molecule has 0 radical (unpaired) electrons. The highest BCUT2D eigenvalue weighted by Crippen LogP contribution is 2.21. The summed E-state index contributed by atoms with van der Waals surface area (Å²) in [4.78, 5) is 16.5. The predicted octanol–water partition coefficient (Wildman–Crippen LogP) is 3.47. The molecular formula is C20H23ClN2O3. The molecule has 0 N–H and O–H groups in total. The van der Waals surface area contributed by atoms with Gasteiger partial charge in [-0.25, -0.2) is 0 Å². The van der Waals surface area contributed by atoms with Gasteiger partial charge in [0.1, 0.15) is 11.5 Å². The van der Waals surface area contributed by atoms with Crippen LogP contribution in [-0.4, -0.2) is 50.7 Å². The first-order valence-corrected chi connectivity index (χ1v) is 9.08. The molecule has 138 valence electrons. The number of halogens is 1. The van der Waals surface area contributed by atoms with Gasteiger partial charge in [-0.3, -0.25) is 4.79 Å². The van der Waals surface area contributed by atoms with Gasteiger partial charge in [0.05, 0.1) is 20.1 Å². The first-order valence-electron chi connectivity index (χ1n) is 8.71. The Morgan fingerprint density at radius 1 is 1.04 bits per heavy atom. The second kappa shape index (κ2) is 8.81. The molecule has 1 saturated heterocycles. The lowest BCUT2D eigenvalue weighted by atomic mass is 10.2. The molecule has 5 nitrogen and oxygen atoms in total. The smallest absolute Gasteiger partial charge is 0.226 e. The normalized spacial score (nSPS) is 14.2. The van der Waals surface area contributed by atoms with Crippen LogP contribution in [0.3, 0.4) is 0 Å². The largest absolute Gasteiger partial charge is 0.497 e. The zero-order valence-corrected chi connectivity index (χ0v) is 15.6. The highest BCUT2D eigenvalue weighted by atomic mass is 35.5. The lowest BCUT2D eigenvalue weighted by Gasteiger charge is -2.36. The van der Waals surface area contributed by atoms with Gasteiger partial charge in [-0.1, -0.05) is 17.7 Å². The molecule has 0 spiro atoms. The molecule has 0 atom stereocenters. The van der Waals surface area contributed by atoms with Crippen molar-refractivity contribution >= 4 is 23.2 Å². The number of hydrogen-bond acceptors (Lipinski definition) is 4. The maximum absolute atomic E-state index is 12.4. The van der Waals surface area contributed by atoms with Crippen molar-refractivity contribution in [3.8, 4) is 11.5 Å². The van der Waals surface area contributed by atoms with Gasteiger partial charge in [-0.15, -0.1) is 0 Å². The number of methoxy groups -OCH3 is 1. The molecule has 6 heteroatoms. The number of amides is 1. The van der Waals surface area contributed by atoms with E-state index in [2.05, 4.69) is 4.90 Å². The Bertz CT molecular complexity index is 728. The summed E-state index contributed by atoms with van der Waals surface area (Å²) < 4.78 is 10.8. The van der Waals surface area contributed by atoms with E-state index >= 15 is 0 Å². The quantitative estimate of drug-likeness (QED) is 0.776. The van der Waals surface area contributed by atoms with Crippen LogP contribution < -0.4 is 14.4 Å². The number of carbonyl (C=O) groups excluding carboxylic acids is 1. The molecule has 1 aliphatic rings. The molecule has 1 amide bonds. The molecule has 0 aromatic heterocycles. The summed E-state index contributed by atoms with van der Waals surface area (Å²) in [5.41, 5.74) is 1.10. The predicted molar refractivity (Wildman–Crippen MR) is 103 cm³/mol. The summed E-state index contributed by atoms with van der Waals surface area (Å²) in [6.45, 7) is 3.43. The Morgan fingerprint density at radius 3 is 2.38 bits per heavy atom. The van der Waals surface area contributed by atoms with Crippen molar-refractivity contribution < 1.29 is 14.3 Å². The summed E-state index contributed by atoms with van der Waals surface area (Å²) in [6.07, 6.45) is 0.378. The van der Waals surface area contributed by atoms with Gasteiger partial charge in [0, 0.05) is 36.9 Å². The monoisotopic (exact) mass is 374 g/mol. The van der Waals surface area contributed by atoms with E-state index in [1.807, 2.05) is 53.4 Å². The molecule has 0 unspecified atom stereocenters. The fourth-order valence-corrected chi connectivity index (χ4v) is 3.16. The van der Waals surface area contributed by atoms with Crippen LogP contribution in [0.25, 0.3) is 0 Å². The van der Waals surface area contributed by atoms with Gasteiger partial charge in [0.25, 0.3) is 0 Å². The second-order valence-corrected chi connectivity index (χ2v) is 6.56. The molecule has 0 saturated carbocycles. The van der Waals surface area contributed by atoms with Crippen molar-refractivity contribution in [2.75, 3.05) is 44.8 Å². The number of hydrogen-bond donors (Lipinski definition) is 0. The summed E-state index contributed by atoms with van der Waals surface area (Å²) in [5.74, 6) is 1.65. The van der Waals surface area contributed by atoms with Crippen molar-refractivity contribution in [3.05, 3.63) is 53.6 Å². The Balaban J connectivity index is 1.42. The van der Waals surface area contributed by atoms with E-state index in [0.29, 0.717) is 26.1 Å². The number of benzene rings is 2. The third-order valence-corrected chi connectivity index (χ3v) is 4.68. The van der Waals surface area contributed by atoms with E-state index < -0.39 is 0 Å². The number of anilines is 1. The van der Waals surface area contributed by atoms with Gasteiger partial charge < -0.3 is 19.3 Å². The van der Waals surface area contributed by atoms with E-state index in [4.69, 9.17) is 21.1 Å².